The molecular weight excluding hydrogens is 226 g/mol. The van der Waals surface area contributed by atoms with E-state index in [0.717, 1.165) is 44.5 Å². The number of nitrogens with zero attached hydrogens (tertiary/aromatic N) is 1. The van der Waals surface area contributed by atoms with Gasteiger partial charge in [-0.2, -0.15) is 0 Å². The Labute approximate surface area is 107 Å². The predicted molar refractivity (Wildman–Crippen MR) is 71.1 cm³/mol. The standard InChI is InChI=1S/C14H19N3O/c15-12-5-3-11(4-6-12)14(7-8-14)16-13(18)17-9-1-2-10-17/h3-6H,1-2,7-10,15H2,(H,16,18). The quantitative estimate of drug-likeness (QED) is 0.784. The van der Waals surface area contributed by atoms with E-state index in [1.54, 1.807) is 0 Å². The van der Waals surface area contributed by atoms with Crippen LogP contribution >= 0.6 is 0 Å². The zero-order valence-electron chi connectivity index (χ0n) is 10.5. The molecule has 4 nitrogen and oxygen atoms in total. The number of nitrogens with two attached hydrogens (primary N) is 1. The van der Waals surface area contributed by atoms with Crippen molar-refractivity contribution in [1.82, 2.24) is 10.2 Å². The molecule has 0 bridgehead atoms. The maximum Gasteiger partial charge on any atom is 0.318 e. The number of benzene rings is 1. The van der Waals surface area contributed by atoms with Gasteiger partial charge in [-0.15, -0.1) is 0 Å². The average Bonchev–Trinajstić information content (AvgIpc) is 2.94. The summed E-state index contributed by atoms with van der Waals surface area (Å²) in [7, 11) is 0. The molecule has 1 aliphatic heterocycles. The van der Waals surface area contributed by atoms with E-state index in [0.29, 0.717) is 0 Å². The van der Waals surface area contributed by atoms with Gasteiger partial charge in [-0.1, -0.05) is 12.1 Å². The van der Waals surface area contributed by atoms with Gasteiger partial charge in [0.05, 0.1) is 5.54 Å². The number of nitrogens with one attached hydrogen (secondary N) is 1. The molecule has 3 N–H and O–H groups in total. The Morgan fingerprint density at radius 1 is 1.17 bits per heavy atom. The van der Waals surface area contributed by atoms with Crippen LogP contribution in [0.3, 0.4) is 0 Å². The van der Waals surface area contributed by atoms with Gasteiger partial charge in [-0.25, -0.2) is 4.79 Å². The second kappa shape index (κ2) is 4.19. The summed E-state index contributed by atoms with van der Waals surface area (Å²) in [6.07, 6.45) is 4.30. The fourth-order valence-electron chi connectivity index (χ4n) is 2.62. The minimum Gasteiger partial charge on any atom is -0.399 e. The molecule has 2 aliphatic rings. The highest BCUT2D eigenvalue weighted by Crippen LogP contribution is 2.45. The fraction of sp³-hybridized carbons (Fsp3) is 0.500. The monoisotopic (exact) mass is 245 g/mol. The van der Waals surface area contributed by atoms with Crippen molar-refractivity contribution in [3.63, 3.8) is 0 Å². The van der Waals surface area contributed by atoms with Gasteiger partial charge < -0.3 is 16.0 Å². The molecular formula is C14H19N3O. The van der Waals surface area contributed by atoms with Gasteiger partial charge in [-0.05, 0) is 43.4 Å². The van der Waals surface area contributed by atoms with E-state index in [9.17, 15) is 4.79 Å². The predicted octanol–water partition coefficient (Wildman–Crippen LogP) is 2.06. The van der Waals surface area contributed by atoms with Gasteiger partial charge in [0.15, 0.2) is 0 Å². The number of anilines is 1. The van der Waals surface area contributed by atoms with Crippen LogP contribution in [0.15, 0.2) is 24.3 Å². The SMILES string of the molecule is Nc1ccc(C2(NC(=O)N3CCCC3)CC2)cc1. The molecule has 0 spiro atoms. The summed E-state index contributed by atoms with van der Waals surface area (Å²) in [5.41, 5.74) is 7.50. The van der Waals surface area contributed by atoms with E-state index in [1.807, 2.05) is 29.2 Å². The summed E-state index contributed by atoms with van der Waals surface area (Å²) in [4.78, 5) is 14.0. The number of rotatable bonds is 2. The van der Waals surface area contributed by atoms with Crippen LogP contribution in [-0.2, 0) is 5.54 Å². The molecule has 3 rings (SSSR count). The second-order valence-electron chi connectivity index (χ2n) is 5.33. The smallest absolute Gasteiger partial charge is 0.318 e. The van der Waals surface area contributed by atoms with E-state index in [2.05, 4.69) is 5.32 Å². The van der Waals surface area contributed by atoms with Gasteiger partial charge in [0.1, 0.15) is 0 Å². The number of carbonyl (C=O) groups is 1. The Morgan fingerprint density at radius 3 is 2.33 bits per heavy atom. The molecule has 1 aromatic rings. The zero-order chi connectivity index (χ0) is 12.6. The third-order valence-corrected chi connectivity index (χ3v) is 3.95. The Bertz CT molecular complexity index is 445. The lowest BCUT2D eigenvalue weighted by Gasteiger charge is -2.23. The topological polar surface area (TPSA) is 58.4 Å². The van der Waals surface area contributed by atoms with Crippen molar-refractivity contribution < 1.29 is 4.79 Å². The van der Waals surface area contributed by atoms with Crippen molar-refractivity contribution in [3.8, 4) is 0 Å². The van der Waals surface area contributed by atoms with E-state index < -0.39 is 0 Å². The summed E-state index contributed by atoms with van der Waals surface area (Å²) in [5, 5.41) is 3.19. The summed E-state index contributed by atoms with van der Waals surface area (Å²) in [6.45, 7) is 1.79. The van der Waals surface area contributed by atoms with Crippen LogP contribution in [0.4, 0.5) is 10.5 Å². The van der Waals surface area contributed by atoms with Crippen molar-refractivity contribution in [2.45, 2.75) is 31.2 Å². The highest BCUT2D eigenvalue weighted by Gasteiger charge is 2.46. The summed E-state index contributed by atoms with van der Waals surface area (Å²) >= 11 is 0. The summed E-state index contributed by atoms with van der Waals surface area (Å²) in [6, 6.07) is 7.93. The lowest BCUT2D eigenvalue weighted by Crippen LogP contribution is -2.43. The van der Waals surface area contributed by atoms with Crippen molar-refractivity contribution in [2.75, 3.05) is 18.8 Å². The molecule has 0 unspecified atom stereocenters. The van der Waals surface area contributed by atoms with Crippen LogP contribution in [0, 0.1) is 0 Å². The lowest BCUT2D eigenvalue weighted by molar-refractivity contribution is 0.203. The van der Waals surface area contributed by atoms with Crippen molar-refractivity contribution in [2.24, 2.45) is 0 Å². The molecule has 1 aliphatic carbocycles. The summed E-state index contributed by atoms with van der Waals surface area (Å²) in [5.74, 6) is 0. The van der Waals surface area contributed by atoms with Gasteiger partial charge in [0, 0.05) is 18.8 Å². The largest absolute Gasteiger partial charge is 0.399 e. The highest BCUT2D eigenvalue weighted by molar-refractivity contribution is 5.76. The van der Waals surface area contributed by atoms with Crippen LogP contribution in [-0.4, -0.2) is 24.0 Å². The minimum absolute atomic E-state index is 0.0850. The average molecular weight is 245 g/mol. The second-order valence-corrected chi connectivity index (χ2v) is 5.33. The van der Waals surface area contributed by atoms with Crippen molar-refractivity contribution in [1.29, 1.82) is 0 Å². The van der Waals surface area contributed by atoms with Crippen LogP contribution in [0.25, 0.3) is 0 Å². The lowest BCUT2D eigenvalue weighted by atomic mass is 10.0. The molecule has 4 heteroatoms. The number of hydrogen-bond donors (Lipinski definition) is 2. The van der Waals surface area contributed by atoms with Crippen molar-refractivity contribution >= 4 is 11.7 Å². The third-order valence-electron chi connectivity index (χ3n) is 3.95. The van der Waals surface area contributed by atoms with E-state index in [-0.39, 0.29) is 11.6 Å². The van der Waals surface area contributed by atoms with Crippen LogP contribution in [0.1, 0.15) is 31.2 Å². The van der Waals surface area contributed by atoms with E-state index in [4.69, 9.17) is 5.73 Å². The first-order valence-corrected chi connectivity index (χ1v) is 6.63. The van der Waals surface area contributed by atoms with Crippen molar-refractivity contribution in [3.05, 3.63) is 29.8 Å². The number of amides is 2. The van der Waals surface area contributed by atoms with Gasteiger partial charge in [0.2, 0.25) is 0 Å². The summed E-state index contributed by atoms with van der Waals surface area (Å²) < 4.78 is 0. The van der Waals surface area contributed by atoms with Gasteiger partial charge in [-0.3, -0.25) is 0 Å². The van der Waals surface area contributed by atoms with Crippen LogP contribution in [0.5, 0.6) is 0 Å². The maximum atomic E-state index is 12.1. The number of likely N-dealkylation sites (tertiary alicyclic amines) is 1. The first kappa shape index (κ1) is 11.4. The molecule has 1 aromatic carbocycles. The van der Waals surface area contributed by atoms with Gasteiger partial charge in [0.25, 0.3) is 0 Å². The Morgan fingerprint density at radius 2 is 1.78 bits per heavy atom. The minimum atomic E-state index is -0.132. The number of nitrogen functional groups attached to an aromatic ring is 1. The first-order valence-electron chi connectivity index (χ1n) is 6.63. The molecule has 1 saturated carbocycles. The van der Waals surface area contributed by atoms with Crippen LogP contribution < -0.4 is 11.1 Å². The number of urea groups is 1. The van der Waals surface area contributed by atoms with E-state index in [1.165, 1.54) is 5.56 Å². The molecule has 2 amide bonds. The molecule has 96 valence electrons. The highest BCUT2D eigenvalue weighted by atomic mass is 16.2. The molecule has 1 saturated heterocycles. The molecule has 1 heterocycles. The maximum absolute atomic E-state index is 12.1. The third kappa shape index (κ3) is 2.03. The number of hydrogen-bond acceptors (Lipinski definition) is 2. The molecule has 0 aromatic heterocycles. The Hall–Kier alpha value is -1.71. The zero-order valence-corrected chi connectivity index (χ0v) is 10.5. The molecule has 2 fully saturated rings. The Kier molecular flexibility index (Phi) is 2.65. The number of carbonyl (C=O) groups excluding carboxylic acids is 1. The van der Waals surface area contributed by atoms with Crippen LogP contribution in [0.2, 0.25) is 0 Å². The Balaban J connectivity index is 1.71. The van der Waals surface area contributed by atoms with Gasteiger partial charge >= 0.3 is 6.03 Å². The molecule has 0 radical (unpaired) electrons. The molecule has 18 heavy (non-hydrogen) atoms. The van der Waals surface area contributed by atoms with E-state index >= 15 is 0 Å². The first-order chi connectivity index (χ1) is 8.70. The fourth-order valence-corrected chi connectivity index (χ4v) is 2.62. The normalized spacial score (nSPS) is 20.8. The molecule has 0 atom stereocenters.